The molecule has 4 rings (SSSR count). The van der Waals surface area contributed by atoms with E-state index in [1.807, 2.05) is 0 Å². The number of unbranched alkanes of at least 4 members (excludes halogenated alkanes) is 1. The summed E-state index contributed by atoms with van der Waals surface area (Å²) in [7, 11) is -0.670. The van der Waals surface area contributed by atoms with Crippen LogP contribution in [0.5, 0.6) is 0 Å². The highest BCUT2D eigenvalue weighted by Gasteiger charge is 2.48. The molecule has 0 aromatic rings. The molecule has 1 N–H and O–H groups in total. The Bertz CT molecular complexity index is 952. The number of carbonyl (C=O) groups excluding carboxylic acids is 1. The van der Waals surface area contributed by atoms with Crippen molar-refractivity contribution in [2.45, 2.75) is 172 Å². The molecule has 9 atom stereocenters. The summed E-state index contributed by atoms with van der Waals surface area (Å²) in [6, 6.07) is 0. The summed E-state index contributed by atoms with van der Waals surface area (Å²) in [4.78, 5) is 12.4. The molecule has 4 fully saturated rings. The quantitative estimate of drug-likeness (QED) is 0.0736. The van der Waals surface area contributed by atoms with E-state index >= 15 is 0 Å². The van der Waals surface area contributed by atoms with Crippen LogP contribution in [0.15, 0.2) is 12.2 Å². The van der Waals surface area contributed by atoms with E-state index in [1.54, 1.807) is 0 Å². The van der Waals surface area contributed by atoms with Crippen molar-refractivity contribution < 1.29 is 47.5 Å². The highest BCUT2D eigenvalue weighted by molar-refractivity contribution is 6.74. The van der Waals surface area contributed by atoms with Crippen molar-refractivity contribution in [3.05, 3.63) is 12.2 Å². The predicted molar refractivity (Wildman–Crippen MR) is 186 cm³/mol. The summed E-state index contributed by atoms with van der Waals surface area (Å²) in [5.41, 5.74) is 0. The van der Waals surface area contributed by atoms with Gasteiger partial charge in [0.25, 0.3) is 0 Å². The number of allylic oxidation sites excluding steroid dienone is 2. The van der Waals surface area contributed by atoms with Gasteiger partial charge < -0.3 is 42.7 Å². The molecule has 3 aliphatic heterocycles. The zero-order valence-electron chi connectivity index (χ0n) is 30.7. The minimum atomic E-state index is -1.99. The molecule has 10 nitrogen and oxygen atoms in total. The lowest BCUT2D eigenvalue weighted by Gasteiger charge is -2.39. The zero-order valence-corrected chi connectivity index (χ0v) is 31.7. The number of hydrogen-bond donors (Lipinski definition) is 1. The highest BCUT2D eigenvalue weighted by Crippen LogP contribution is 2.44. The van der Waals surface area contributed by atoms with Crippen LogP contribution in [0.3, 0.4) is 0 Å². The monoisotopic (exact) mass is 698 g/mol. The van der Waals surface area contributed by atoms with Crippen LogP contribution in [0.1, 0.15) is 111 Å². The van der Waals surface area contributed by atoms with E-state index in [0.717, 1.165) is 83.8 Å². The fourth-order valence-electron chi connectivity index (χ4n) is 6.92. The number of ether oxygens (including phenoxy) is 7. The van der Waals surface area contributed by atoms with Crippen LogP contribution in [0.25, 0.3) is 0 Å². The van der Waals surface area contributed by atoms with Crippen LogP contribution < -0.4 is 0 Å². The highest BCUT2D eigenvalue weighted by atomic mass is 28.4. The summed E-state index contributed by atoms with van der Waals surface area (Å²) >= 11 is 0. The molecule has 3 heterocycles. The van der Waals surface area contributed by atoms with Crippen LogP contribution in [-0.4, -0.2) is 96.2 Å². The zero-order chi connectivity index (χ0) is 34.6. The van der Waals surface area contributed by atoms with E-state index in [-0.39, 0.29) is 41.7 Å². The van der Waals surface area contributed by atoms with E-state index in [0.29, 0.717) is 32.5 Å². The molecule has 0 amide bonds. The Labute approximate surface area is 291 Å². The maximum atomic E-state index is 12.4. The third-order valence-corrected chi connectivity index (χ3v) is 15.5. The van der Waals surface area contributed by atoms with E-state index in [9.17, 15) is 9.90 Å². The van der Waals surface area contributed by atoms with Gasteiger partial charge in [-0.15, -0.1) is 0 Å². The van der Waals surface area contributed by atoms with Gasteiger partial charge in [0.1, 0.15) is 0 Å². The van der Waals surface area contributed by atoms with Crippen LogP contribution in [0.2, 0.25) is 18.1 Å². The van der Waals surface area contributed by atoms with Crippen LogP contribution in [0.4, 0.5) is 0 Å². The first-order valence-electron chi connectivity index (χ1n) is 18.8. The third kappa shape index (κ3) is 12.1. The van der Waals surface area contributed by atoms with Gasteiger partial charge in [0.2, 0.25) is 0 Å². The van der Waals surface area contributed by atoms with Gasteiger partial charge in [-0.2, -0.15) is 0 Å². The molecule has 1 aliphatic carbocycles. The summed E-state index contributed by atoms with van der Waals surface area (Å²) in [6.45, 7) is 14.2. The lowest BCUT2D eigenvalue weighted by Crippen LogP contribution is -2.44. The Morgan fingerprint density at radius 1 is 0.854 bits per heavy atom. The van der Waals surface area contributed by atoms with Gasteiger partial charge in [0, 0.05) is 38.8 Å². The molecule has 0 bridgehead atoms. The lowest BCUT2D eigenvalue weighted by atomic mass is 9.90. The number of rotatable bonds is 17. The molecule has 1 saturated carbocycles. The Morgan fingerprint density at radius 2 is 1.42 bits per heavy atom. The van der Waals surface area contributed by atoms with E-state index in [4.69, 9.17) is 37.6 Å². The van der Waals surface area contributed by atoms with Crippen molar-refractivity contribution in [1.82, 2.24) is 0 Å². The summed E-state index contributed by atoms with van der Waals surface area (Å²) in [5.74, 6) is -0.184. The number of hydrogen-bond acceptors (Lipinski definition) is 10. The molecule has 5 unspecified atom stereocenters. The fraction of sp³-hybridized carbons (Fsp3) is 0.919. The maximum absolute atomic E-state index is 12.4. The molecule has 0 aromatic carbocycles. The summed E-state index contributed by atoms with van der Waals surface area (Å²) < 4.78 is 48.8. The molecule has 11 heteroatoms. The van der Waals surface area contributed by atoms with Gasteiger partial charge in [0.15, 0.2) is 33.3 Å². The molecular formula is C37H66O10Si. The predicted octanol–water partition coefficient (Wildman–Crippen LogP) is 7.03. The van der Waals surface area contributed by atoms with Crippen molar-refractivity contribution in [3.8, 4) is 0 Å². The topological polar surface area (TPSA) is 111 Å². The first kappa shape index (κ1) is 39.9. The van der Waals surface area contributed by atoms with E-state index in [1.165, 1.54) is 7.11 Å². The van der Waals surface area contributed by atoms with E-state index in [2.05, 4.69) is 46.0 Å². The smallest absolute Gasteiger partial charge is 0.337 e. The second-order valence-corrected chi connectivity index (χ2v) is 20.5. The van der Waals surface area contributed by atoms with E-state index < -0.39 is 32.8 Å². The van der Waals surface area contributed by atoms with Gasteiger partial charge in [-0.3, -0.25) is 0 Å². The van der Waals surface area contributed by atoms with Gasteiger partial charge in [-0.05, 0) is 108 Å². The first-order valence-corrected chi connectivity index (χ1v) is 21.8. The van der Waals surface area contributed by atoms with Crippen molar-refractivity contribution in [2.24, 2.45) is 11.8 Å². The molecule has 0 aromatic heterocycles. The minimum absolute atomic E-state index is 0.00106. The van der Waals surface area contributed by atoms with Crippen molar-refractivity contribution in [2.75, 3.05) is 33.5 Å². The Balaban J connectivity index is 1.39. The maximum Gasteiger partial charge on any atom is 0.337 e. The molecule has 0 radical (unpaired) electrons. The van der Waals surface area contributed by atoms with Crippen LogP contribution in [0, 0.1) is 11.8 Å². The SMILES string of the molecule is COC(=O)C(OC1CCCCO1)C(O)CCC/C=C\C[C@@H]1[C@@H](CO[Si](C)(C)C(C)(C)C)[C@H](OC2CCCCO2)C[C@@H]1OC1CCCCO1. The number of carbonyl (C=O) groups is 1. The Morgan fingerprint density at radius 3 is 1.94 bits per heavy atom. The largest absolute Gasteiger partial charge is 0.467 e. The Hall–Kier alpha value is -0.893. The van der Waals surface area contributed by atoms with Crippen LogP contribution in [-0.2, 0) is 42.4 Å². The molecule has 278 valence electrons. The summed E-state index contributed by atoms with van der Waals surface area (Å²) in [5, 5.41) is 11.0. The number of methoxy groups -OCH3 is 1. The third-order valence-electron chi connectivity index (χ3n) is 11.0. The lowest BCUT2D eigenvalue weighted by molar-refractivity contribution is -0.217. The van der Waals surface area contributed by atoms with Crippen molar-refractivity contribution in [1.29, 1.82) is 0 Å². The second-order valence-electron chi connectivity index (χ2n) is 15.7. The number of aliphatic hydroxyl groups excluding tert-OH is 1. The molecule has 3 saturated heterocycles. The molecule has 0 spiro atoms. The fourth-order valence-corrected chi connectivity index (χ4v) is 7.96. The minimum Gasteiger partial charge on any atom is -0.467 e. The van der Waals surface area contributed by atoms with Gasteiger partial charge in [-0.1, -0.05) is 32.9 Å². The molecule has 4 aliphatic rings. The van der Waals surface area contributed by atoms with Gasteiger partial charge in [0.05, 0.1) is 25.4 Å². The normalized spacial score (nSPS) is 31.9. The number of aliphatic hydroxyl groups is 1. The molecular weight excluding hydrogens is 632 g/mol. The van der Waals surface area contributed by atoms with Crippen molar-refractivity contribution in [3.63, 3.8) is 0 Å². The average Bonchev–Trinajstić information content (AvgIpc) is 3.39. The second kappa shape index (κ2) is 19.6. The standard InChI is InChI=1S/C37H66O10Si/c1-37(2,3)48(5,6)44-26-28-27(30(45-32-19-11-14-22-41-32)25-31(28)46-33-20-12-15-23-42-33)17-9-7-8-10-18-29(38)35(36(39)40-4)47-34-21-13-16-24-43-34/h7,9,27-35,38H,8,10-26H2,1-6H3/b9-7-/t27-,28-,29?,30+,31-,32?,33?,34?,35?/m1/s1. The Kier molecular flexibility index (Phi) is 16.3. The summed E-state index contributed by atoms with van der Waals surface area (Å²) in [6.07, 6.45) is 14.1. The number of esters is 1. The van der Waals surface area contributed by atoms with Gasteiger partial charge >= 0.3 is 5.97 Å². The van der Waals surface area contributed by atoms with Crippen molar-refractivity contribution >= 4 is 14.3 Å². The van der Waals surface area contributed by atoms with Crippen LogP contribution >= 0.6 is 0 Å². The molecule has 48 heavy (non-hydrogen) atoms. The average molecular weight is 699 g/mol. The first-order chi connectivity index (χ1) is 23.0. The van der Waals surface area contributed by atoms with Gasteiger partial charge in [-0.25, -0.2) is 4.79 Å².